The van der Waals surface area contributed by atoms with Crippen LogP contribution in [-0.2, 0) is 4.79 Å². The first-order valence-corrected chi connectivity index (χ1v) is 5.40. The van der Waals surface area contributed by atoms with Crippen molar-refractivity contribution in [2.75, 3.05) is 0 Å². The van der Waals surface area contributed by atoms with Gasteiger partial charge in [0.25, 0.3) is 0 Å². The summed E-state index contributed by atoms with van der Waals surface area (Å²) in [5.74, 6) is -0.0523. The topological polar surface area (TPSA) is 26.3 Å². The Bertz CT molecular complexity index is 564. The summed E-state index contributed by atoms with van der Waals surface area (Å²) >= 11 is 12.0. The number of fused-ring (bicyclic) bond motifs is 1. The molecule has 0 N–H and O–H groups in total. The minimum atomic E-state index is -0.408. The van der Waals surface area contributed by atoms with E-state index in [0.29, 0.717) is 15.8 Å². The number of carbonyl (C=O) groups excluding carboxylic acids is 1. The lowest BCUT2D eigenvalue weighted by Crippen LogP contribution is -2.02. The maximum absolute atomic E-state index is 11.0. The normalized spacial score (nSPS) is 10.4. The lowest BCUT2D eigenvalue weighted by molar-refractivity contribution is -0.131. The number of hydrogen-bond acceptors (Lipinski definition) is 2. The first-order valence-electron chi connectivity index (χ1n) is 4.65. The third-order valence-electron chi connectivity index (χ3n) is 2.15. The van der Waals surface area contributed by atoms with Crippen molar-refractivity contribution < 1.29 is 9.53 Å². The first kappa shape index (κ1) is 11.2. The van der Waals surface area contributed by atoms with Gasteiger partial charge in [0.05, 0.1) is 10.0 Å². The molecule has 0 aliphatic heterocycles. The Morgan fingerprint density at radius 1 is 1.12 bits per heavy atom. The second-order valence-corrected chi connectivity index (χ2v) is 4.12. The molecule has 0 aromatic heterocycles. The van der Waals surface area contributed by atoms with Crippen LogP contribution in [0.25, 0.3) is 10.8 Å². The van der Waals surface area contributed by atoms with Crippen LogP contribution in [0.15, 0.2) is 30.3 Å². The molecule has 2 rings (SSSR count). The quantitative estimate of drug-likeness (QED) is 0.567. The summed E-state index contributed by atoms with van der Waals surface area (Å²) in [5.41, 5.74) is 0. The highest BCUT2D eigenvalue weighted by Crippen LogP contribution is 2.38. The lowest BCUT2D eigenvalue weighted by Gasteiger charge is -2.09. The standard InChI is InChI=1S/C12H8Cl2O2/c1-7(15)16-12-9-5-3-2-4-8(9)10(13)6-11(12)14/h2-6H,1H3. The molecule has 16 heavy (non-hydrogen) atoms. The van der Waals surface area contributed by atoms with Crippen LogP contribution in [-0.4, -0.2) is 5.97 Å². The van der Waals surface area contributed by atoms with Crippen LogP contribution in [0.2, 0.25) is 10.0 Å². The predicted octanol–water partition coefficient (Wildman–Crippen LogP) is 4.07. The molecule has 0 saturated heterocycles. The van der Waals surface area contributed by atoms with Gasteiger partial charge in [0.15, 0.2) is 5.75 Å². The molecular formula is C12H8Cl2O2. The van der Waals surface area contributed by atoms with Gasteiger partial charge in [-0.3, -0.25) is 4.79 Å². The summed E-state index contributed by atoms with van der Waals surface area (Å²) in [6, 6.07) is 8.93. The highest BCUT2D eigenvalue weighted by Gasteiger charge is 2.12. The van der Waals surface area contributed by atoms with Gasteiger partial charge in [0.2, 0.25) is 0 Å². The zero-order valence-corrected chi connectivity index (χ0v) is 9.97. The molecule has 0 fully saturated rings. The van der Waals surface area contributed by atoms with Gasteiger partial charge in [-0.15, -0.1) is 0 Å². The van der Waals surface area contributed by atoms with E-state index in [4.69, 9.17) is 27.9 Å². The van der Waals surface area contributed by atoms with E-state index in [0.717, 1.165) is 10.8 Å². The Kier molecular flexibility index (Phi) is 3.03. The maximum atomic E-state index is 11.0. The fraction of sp³-hybridized carbons (Fsp3) is 0.0833. The number of carbonyl (C=O) groups is 1. The summed E-state index contributed by atoms with van der Waals surface area (Å²) in [4.78, 5) is 11.0. The molecule has 0 radical (unpaired) electrons. The van der Waals surface area contributed by atoms with E-state index in [1.807, 2.05) is 24.3 Å². The third-order valence-corrected chi connectivity index (χ3v) is 2.74. The molecular weight excluding hydrogens is 247 g/mol. The van der Waals surface area contributed by atoms with E-state index in [-0.39, 0.29) is 0 Å². The highest BCUT2D eigenvalue weighted by atomic mass is 35.5. The van der Waals surface area contributed by atoms with Gasteiger partial charge in [-0.1, -0.05) is 47.5 Å². The molecule has 0 atom stereocenters. The molecule has 0 aliphatic carbocycles. The molecule has 0 bridgehead atoms. The Hall–Kier alpha value is -1.25. The monoisotopic (exact) mass is 254 g/mol. The van der Waals surface area contributed by atoms with Crippen molar-refractivity contribution >= 4 is 39.9 Å². The van der Waals surface area contributed by atoms with E-state index in [1.165, 1.54) is 6.92 Å². The third kappa shape index (κ3) is 1.99. The molecule has 82 valence electrons. The number of halogens is 2. The summed E-state index contributed by atoms with van der Waals surface area (Å²) in [7, 11) is 0. The molecule has 0 amide bonds. The van der Waals surface area contributed by atoms with E-state index in [1.54, 1.807) is 6.07 Å². The van der Waals surface area contributed by atoms with Gasteiger partial charge < -0.3 is 4.74 Å². The van der Waals surface area contributed by atoms with Gasteiger partial charge in [0.1, 0.15) is 0 Å². The van der Waals surface area contributed by atoms with Crippen molar-refractivity contribution in [2.45, 2.75) is 6.92 Å². The van der Waals surface area contributed by atoms with Crippen LogP contribution < -0.4 is 4.74 Å². The van der Waals surface area contributed by atoms with Gasteiger partial charge >= 0.3 is 5.97 Å². The molecule has 0 spiro atoms. The number of ether oxygens (including phenoxy) is 1. The number of benzene rings is 2. The van der Waals surface area contributed by atoms with E-state index < -0.39 is 5.97 Å². The van der Waals surface area contributed by atoms with Crippen LogP contribution in [0.1, 0.15) is 6.92 Å². The number of esters is 1. The van der Waals surface area contributed by atoms with Crippen molar-refractivity contribution in [3.05, 3.63) is 40.4 Å². The summed E-state index contributed by atoms with van der Waals surface area (Å²) in [6.45, 7) is 1.33. The van der Waals surface area contributed by atoms with Gasteiger partial charge in [0, 0.05) is 17.7 Å². The number of rotatable bonds is 1. The molecule has 0 aliphatic rings. The lowest BCUT2D eigenvalue weighted by atomic mass is 10.1. The summed E-state index contributed by atoms with van der Waals surface area (Å²) < 4.78 is 5.08. The molecule has 2 aromatic rings. The van der Waals surface area contributed by atoms with Crippen molar-refractivity contribution in [3.63, 3.8) is 0 Å². The molecule has 0 heterocycles. The van der Waals surface area contributed by atoms with Gasteiger partial charge in [-0.2, -0.15) is 0 Å². The Labute approximate surface area is 103 Å². The number of hydrogen-bond donors (Lipinski definition) is 0. The molecule has 0 unspecified atom stereocenters. The van der Waals surface area contributed by atoms with Crippen LogP contribution >= 0.6 is 23.2 Å². The fourth-order valence-corrected chi connectivity index (χ4v) is 2.10. The SMILES string of the molecule is CC(=O)Oc1c(Cl)cc(Cl)c2ccccc12. The molecule has 4 heteroatoms. The zero-order chi connectivity index (χ0) is 11.7. The van der Waals surface area contributed by atoms with Crippen LogP contribution in [0.4, 0.5) is 0 Å². The maximum Gasteiger partial charge on any atom is 0.308 e. The minimum Gasteiger partial charge on any atom is -0.424 e. The van der Waals surface area contributed by atoms with Crippen LogP contribution in [0.5, 0.6) is 5.75 Å². The average Bonchev–Trinajstić information content (AvgIpc) is 2.24. The summed E-state index contributed by atoms with van der Waals surface area (Å²) in [5, 5.41) is 2.41. The van der Waals surface area contributed by atoms with Crippen molar-refractivity contribution in [3.8, 4) is 5.75 Å². The molecule has 2 nitrogen and oxygen atoms in total. The smallest absolute Gasteiger partial charge is 0.308 e. The van der Waals surface area contributed by atoms with E-state index >= 15 is 0 Å². The largest absolute Gasteiger partial charge is 0.424 e. The Balaban J connectivity index is 2.76. The van der Waals surface area contributed by atoms with E-state index in [2.05, 4.69) is 0 Å². The highest BCUT2D eigenvalue weighted by molar-refractivity contribution is 6.40. The van der Waals surface area contributed by atoms with Crippen LogP contribution in [0, 0.1) is 0 Å². The zero-order valence-electron chi connectivity index (χ0n) is 8.46. The Morgan fingerprint density at radius 2 is 1.75 bits per heavy atom. The first-order chi connectivity index (χ1) is 7.59. The molecule has 2 aromatic carbocycles. The van der Waals surface area contributed by atoms with Crippen molar-refractivity contribution in [1.29, 1.82) is 0 Å². The van der Waals surface area contributed by atoms with Crippen molar-refractivity contribution in [1.82, 2.24) is 0 Å². The van der Waals surface area contributed by atoms with Gasteiger partial charge in [-0.05, 0) is 6.07 Å². The second-order valence-electron chi connectivity index (χ2n) is 3.31. The molecule has 0 saturated carbocycles. The average molecular weight is 255 g/mol. The second kappa shape index (κ2) is 4.32. The Morgan fingerprint density at radius 3 is 2.38 bits per heavy atom. The minimum absolute atomic E-state index is 0.332. The fourth-order valence-electron chi connectivity index (χ4n) is 1.52. The van der Waals surface area contributed by atoms with E-state index in [9.17, 15) is 4.79 Å². The van der Waals surface area contributed by atoms with Gasteiger partial charge in [-0.25, -0.2) is 0 Å². The predicted molar refractivity (Wildman–Crippen MR) is 65.3 cm³/mol. The summed E-state index contributed by atoms with van der Waals surface area (Å²) in [6.07, 6.45) is 0. The van der Waals surface area contributed by atoms with Crippen LogP contribution in [0.3, 0.4) is 0 Å². The van der Waals surface area contributed by atoms with Crippen molar-refractivity contribution in [2.24, 2.45) is 0 Å².